The summed E-state index contributed by atoms with van der Waals surface area (Å²) in [5.74, 6) is 5.42. The third kappa shape index (κ3) is 6.30. The summed E-state index contributed by atoms with van der Waals surface area (Å²) in [5.41, 5.74) is 0.396. The Morgan fingerprint density at radius 2 is 1.84 bits per heavy atom. The Labute approximate surface area is 181 Å². The van der Waals surface area contributed by atoms with Crippen molar-refractivity contribution < 1.29 is 22.8 Å². The number of non-ortho nitro benzene ring substituents is 1. The van der Waals surface area contributed by atoms with E-state index in [2.05, 4.69) is 23.9 Å². The number of sulfonamides is 1. The Morgan fingerprint density at radius 1 is 1.10 bits per heavy atom. The topological polar surface area (TPSA) is 99.0 Å². The summed E-state index contributed by atoms with van der Waals surface area (Å²) in [4.78, 5) is 10.1. The zero-order chi connectivity index (χ0) is 22.1. The third-order valence-electron chi connectivity index (χ3n) is 4.32. The largest absolute Gasteiger partial charge is 0.353 e. The molecule has 0 radical (unpaired) electrons. The zero-order valence-electron chi connectivity index (χ0n) is 16.6. The highest BCUT2D eigenvalue weighted by atomic mass is 32.2. The molecule has 1 heterocycles. The van der Waals surface area contributed by atoms with Gasteiger partial charge in [-0.3, -0.25) is 10.1 Å². The fourth-order valence-corrected chi connectivity index (χ4v) is 3.75. The second kappa shape index (κ2) is 10.6. The van der Waals surface area contributed by atoms with Gasteiger partial charge in [0.1, 0.15) is 6.61 Å². The predicted octanol–water partition coefficient (Wildman–Crippen LogP) is 3.10. The average molecular weight is 440 g/mol. The van der Waals surface area contributed by atoms with Crippen molar-refractivity contribution in [3.8, 4) is 23.9 Å². The predicted molar refractivity (Wildman–Crippen MR) is 113 cm³/mol. The number of ether oxygens (including phenoxy) is 2. The molecule has 160 valence electrons. The lowest BCUT2D eigenvalue weighted by molar-refractivity contribution is -0.384. The minimum atomic E-state index is -4.14. The Kier molecular flexibility index (Phi) is 7.63. The van der Waals surface area contributed by atoms with Gasteiger partial charge in [0.15, 0.2) is 6.29 Å². The van der Waals surface area contributed by atoms with Crippen LogP contribution in [0.25, 0.3) is 0 Å². The van der Waals surface area contributed by atoms with E-state index in [9.17, 15) is 18.5 Å². The normalized spacial score (nSPS) is 15.7. The highest BCUT2D eigenvalue weighted by molar-refractivity contribution is 7.89. The molecular formula is C22H20N2O6S. The molecule has 8 nitrogen and oxygen atoms in total. The van der Waals surface area contributed by atoms with Crippen molar-refractivity contribution >= 4 is 15.7 Å². The summed E-state index contributed by atoms with van der Waals surface area (Å²) >= 11 is 0. The summed E-state index contributed by atoms with van der Waals surface area (Å²) in [6.07, 6.45) is 2.40. The van der Waals surface area contributed by atoms with Gasteiger partial charge in [0, 0.05) is 36.4 Å². The quantitative estimate of drug-likeness (QED) is 0.307. The monoisotopic (exact) mass is 440 g/mol. The minimum absolute atomic E-state index is 0.0238. The molecule has 0 saturated carbocycles. The van der Waals surface area contributed by atoms with Crippen LogP contribution in [-0.4, -0.2) is 37.2 Å². The molecule has 1 aliphatic heterocycles. The van der Waals surface area contributed by atoms with Crippen LogP contribution >= 0.6 is 0 Å². The number of hydrogen-bond donors (Lipinski definition) is 0. The fraction of sp³-hybridized carbons (Fsp3) is 0.273. The van der Waals surface area contributed by atoms with Gasteiger partial charge in [-0.05, 0) is 55.4 Å². The highest BCUT2D eigenvalue weighted by Crippen LogP contribution is 2.19. The van der Waals surface area contributed by atoms with Crippen LogP contribution in [0.2, 0.25) is 0 Å². The van der Waals surface area contributed by atoms with E-state index in [1.165, 1.54) is 0 Å². The molecular weight excluding hydrogens is 420 g/mol. The number of nitro benzene ring substituents is 1. The average Bonchev–Trinajstić information content (AvgIpc) is 2.79. The van der Waals surface area contributed by atoms with Crippen molar-refractivity contribution in [1.82, 2.24) is 4.31 Å². The van der Waals surface area contributed by atoms with Gasteiger partial charge in [-0.1, -0.05) is 18.2 Å². The first-order valence-electron chi connectivity index (χ1n) is 9.55. The Hall–Kier alpha value is -3.37. The molecule has 2 aromatic rings. The summed E-state index contributed by atoms with van der Waals surface area (Å²) in [5, 5.41) is 10.8. The summed E-state index contributed by atoms with van der Waals surface area (Å²) in [6, 6.07) is 18.5. The Balaban J connectivity index is 1.83. The highest BCUT2D eigenvalue weighted by Gasteiger charge is 2.22. The third-order valence-corrected chi connectivity index (χ3v) is 5.85. The Morgan fingerprint density at radius 3 is 2.48 bits per heavy atom. The molecule has 0 spiro atoms. The van der Waals surface area contributed by atoms with Crippen molar-refractivity contribution in [2.24, 2.45) is 0 Å². The van der Waals surface area contributed by atoms with Crippen molar-refractivity contribution in [2.75, 3.05) is 13.2 Å². The second-order valence-electron chi connectivity index (χ2n) is 6.52. The fourth-order valence-electron chi connectivity index (χ4n) is 2.71. The zero-order valence-corrected chi connectivity index (χ0v) is 17.4. The van der Waals surface area contributed by atoms with E-state index in [0.29, 0.717) is 16.5 Å². The summed E-state index contributed by atoms with van der Waals surface area (Å²) < 4.78 is 37.7. The first-order chi connectivity index (χ1) is 15.0. The molecule has 31 heavy (non-hydrogen) atoms. The van der Waals surface area contributed by atoms with E-state index in [4.69, 9.17) is 9.47 Å². The van der Waals surface area contributed by atoms with Gasteiger partial charge < -0.3 is 9.47 Å². The van der Waals surface area contributed by atoms with E-state index in [1.54, 1.807) is 24.3 Å². The lowest BCUT2D eigenvalue weighted by Gasteiger charge is -2.21. The maximum atomic E-state index is 13.0. The molecule has 1 saturated heterocycles. The minimum Gasteiger partial charge on any atom is -0.353 e. The first-order valence-corrected chi connectivity index (χ1v) is 11.0. The van der Waals surface area contributed by atoms with Crippen LogP contribution in [0.15, 0.2) is 59.5 Å². The van der Waals surface area contributed by atoms with Crippen LogP contribution in [0.1, 0.15) is 24.8 Å². The lowest BCUT2D eigenvalue weighted by atomic mass is 10.2. The molecule has 0 aliphatic carbocycles. The molecule has 0 bridgehead atoms. The molecule has 0 N–H and O–H groups in total. The number of benzene rings is 2. The molecule has 1 unspecified atom stereocenters. The summed E-state index contributed by atoms with van der Waals surface area (Å²) in [7, 11) is -4.14. The molecule has 2 aromatic carbocycles. The smallest absolute Gasteiger partial charge is 0.282 e. The first kappa shape index (κ1) is 22.3. The van der Waals surface area contributed by atoms with Crippen molar-refractivity contribution in [3.05, 3.63) is 70.3 Å². The maximum absolute atomic E-state index is 13.0. The SMILES string of the molecule is O=[N+]([O-])c1ccc(S(=O)(=O)N(C#CCOC2CCCCO2)C#Cc2ccccc2)cc1. The molecule has 1 fully saturated rings. The molecule has 1 atom stereocenters. The standard InChI is InChI=1S/C22H20N2O6S/c25-24(26)20-10-12-21(13-11-20)31(27,28)23(16-14-19-7-2-1-3-8-19)15-6-18-30-22-9-4-5-17-29-22/h1-3,7-8,10-13,22H,4-5,9,17-18H2. The summed E-state index contributed by atoms with van der Waals surface area (Å²) in [6.45, 7) is 0.602. The second-order valence-corrected chi connectivity index (χ2v) is 8.31. The van der Waals surface area contributed by atoms with E-state index >= 15 is 0 Å². The molecule has 3 rings (SSSR count). The molecule has 9 heteroatoms. The van der Waals surface area contributed by atoms with E-state index in [1.807, 2.05) is 6.07 Å². The van der Waals surface area contributed by atoms with E-state index in [-0.39, 0.29) is 23.5 Å². The van der Waals surface area contributed by atoms with Gasteiger partial charge in [0.25, 0.3) is 15.7 Å². The van der Waals surface area contributed by atoms with Crippen molar-refractivity contribution in [1.29, 1.82) is 0 Å². The van der Waals surface area contributed by atoms with Crippen LogP contribution < -0.4 is 0 Å². The van der Waals surface area contributed by atoms with Crippen LogP contribution in [-0.2, 0) is 19.5 Å². The number of nitro groups is 1. The van der Waals surface area contributed by atoms with Gasteiger partial charge in [-0.2, -0.15) is 8.42 Å². The van der Waals surface area contributed by atoms with Gasteiger partial charge in [-0.25, -0.2) is 0 Å². The van der Waals surface area contributed by atoms with Crippen LogP contribution in [0, 0.1) is 34.0 Å². The van der Waals surface area contributed by atoms with Crippen LogP contribution in [0.3, 0.4) is 0 Å². The van der Waals surface area contributed by atoms with Crippen molar-refractivity contribution in [3.63, 3.8) is 0 Å². The van der Waals surface area contributed by atoms with Crippen LogP contribution in [0.4, 0.5) is 5.69 Å². The van der Waals surface area contributed by atoms with Crippen molar-refractivity contribution in [2.45, 2.75) is 30.4 Å². The van der Waals surface area contributed by atoms with Gasteiger partial charge in [0.2, 0.25) is 0 Å². The molecule has 1 aliphatic rings. The van der Waals surface area contributed by atoms with Gasteiger partial charge >= 0.3 is 0 Å². The van der Waals surface area contributed by atoms with Gasteiger partial charge in [-0.15, -0.1) is 4.31 Å². The number of nitrogens with zero attached hydrogens (tertiary/aromatic N) is 2. The number of rotatable bonds is 5. The van der Waals surface area contributed by atoms with Crippen LogP contribution in [0.5, 0.6) is 0 Å². The maximum Gasteiger partial charge on any atom is 0.282 e. The van der Waals surface area contributed by atoms with Gasteiger partial charge in [0.05, 0.1) is 9.82 Å². The Bertz CT molecular complexity index is 1120. The molecule has 0 aromatic heterocycles. The molecule has 0 amide bonds. The van der Waals surface area contributed by atoms with E-state index < -0.39 is 14.9 Å². The van der Waals surface area contributed by atoms with E-state index in [0.717, 1.165) is 43.5 Å². The lowest BCUT2D eigenvalue weighted by Crippen LogP contribution is -2.23. The number of hydrogen-bond acceptors (Lipinski definition) is 6.